The first-order chi connectivity index (χ1) is 9.95. The zero-order valence-corrected chi connectivity index (χ0v) is 14.0. The molecule has 22 heavy (non-hydrogen) atoms. The Labute approximate surface area is 137 Å². The molecule has 1 aliphatic carbocycles. The monoisotopic (exact) mass is 341 g/mol. The van der Waals surface area contributed by atoms with Gasteiger partial charge in [-0.15, -0.1) is 12.4 Å². The number of hydrogen-bond acceptors (Lipinski definition) is 4. The van der Waals surface area contributed by atoms with Crippen molar-refractivity contribution >= 4 is 22.4 Å². The summed E-state index contributed by atoms with van der Waals surface area (Å²) in [7, 11) is -3.61. The maximum absolute atomic E-state index is 12.8. The van der Waals surface area contributed by atoms with Gasteiger partial charge in [-0.3, -0.25) is 0 Å². The van der Waals surface area contributed by atoms with Gasteiger partial charge in [-0.2, -0.15) is 9.57 Å². The van der Waals surface area contributed by atoms with Gasteiger partial charge in [0.2, 0.25) is 10.0 Å². The molecule has 1 aliphatic heterocycles. The molecule has 1 aromatic rings. The molecule has 3 unspecified atom stereocenters. The van der Waals surface area contributed by atoms with E-state index in [4.69, 9.17) is 5.73 Å². The van der Waals surface area contributed by atoms with Gasteiger partial charge in [-0.1, -0.05) is 12.1 Å². The molecule has 1 heterocycles. The molecule has 120 valence electrons. The molecule has 1 aromatic carbocycles. The van der Waals surface area contributed by atoms with Crippen LogP contribution in [0.25, 0.3) is 0 Å². The quantitative estimate of drug-likeness (QED) is 0.886. The van der Waals surface area contributed by atoms with Crippen molar-refractivity contribution in [1.29, 1.82) is 5.26 Å². The Morgan fingerprint density at radius 1 is 1.32 bits per heavy atom. The Hall–Kier alpha value is -1.13. The molecule has 5 nitrogen and oxygen atoms in total. The van der Waals surface area contributed by atoms with E-state index in [-0.39, 0.29) is 34.8 Å². The number of sulfonamides is 1. The number of benzene rings is 1. The number of halogens is 1. The van der Waals surface area contributed by atoms with Gasteiger partial charge in [0.05, 0.1) is 5.56 Å². The van der Waals surface area contributed by atoms with Gasteiger partial charge in [-0.25, -0.2) is 8.42 Å². The van der Waals surface area contributed by atoms with Crippen molar-refractivity contribution in [3.05, 3.63) is 29.3 Å². The van der Waals surface area contributed by atoms with Gasteiger partial charge in [-0.05, 0) is 43.2 Å². The Bertz CT molecular complexity index is 714. The summed E-state index contributed by atoms with van der Waals surface area (Å²) < 4.78 is 27.2. The van der Waals surface area contributed by atoms with Crippen molar-refractivity contribution in [2.45, 2.75) is 30.7 Å². The summed E-state index contributed by atoms with van der Waals surface area (Å²) in [5.74, 6) is 0.625. The van der Waals surface area contributed by atoms with Gasteiger partial charge in [0, 0.05) is 19.1 Å². The van der Waals surface area contributed by atoms with Crippen molar-refractivity contribution in [2.75, 3.05) is 13.1 Å². The molecular weight excluding hydrogens is 322 g/mol. The van der Waals surface area contributed by atoms with Crippen LogP contribution in [0.5, 0.6) is 0 Å². The fourth-order valence-corrected chi connectivity index (χ4v) is 5.35. The zero-order chi connectivity index (χ0) is 15.2. The minimum atomic E-state index is -3.61. The smallest absolute Gasteiger partial charge is 0.244 e. The van der Waals surface area contributed by atoms with Crippen LogP contribution in [0.15, 0.2) is 23.1 Å². The Morgan fingerprint density at radius 3 is 2.68 bits per heavy atom. The fraction of sp³-hybridized carbons (Fsp3) is 0.533. The molecule has 1 saturated carbocycles. The van der Waals surface area contributed by atoms with Gasteiger partial charge in [0.25, 0.3) is 0 Å². The van der Waals surface area contributed by atoms with E-state index in [2.05, 4.69) is 0 Å². The van der Waals surface area contributed by atoms with Crippen molar-refractivity contribution in [3.8, 4) is 6.07 Å². The van der Waals surface area contributed by atoms with Crippen LogP contribution in [0.1, 0.15) is 24.0 Å². The molecule has 0 bridgehead atoms. The average Bonchev–Trinajstić information content (AvgIpc) is 3.01. The molecule has 0 radical (unpaired) electrons. The predicted octanol–water partition coefficient (Wildman–Crippen LogP) is 1.65. The summed E-state index contributed by atoms with van der Waals surface area (Å²) in [5, 5.41) is 9.26. The highest BCUT2D eigenvalue weighted by Crippen LogP contribution is 2.39. The maximum Gasteiger partial charge on any atom is 0.244 e. The van der Waals surface area contributed by atoms with Crippen LogP contribution in [0, 0.1) is 30.1 Å². The Kier molecular flexibility index (Phi) is 4.83. The van der Waals surface area contributed by atoms with E-state index in [1.807, 2.05) is 6.07 Å². The molecule has 7 heteroatoms. The average molecular weight is 342 g/mol. The summed E-state index contributed by atoms with van der Waals surface area (Å²) in [5.41, 5.74) is 7.01. The third-order valence-electron chi connectivity index (χ3n) is 4.84. The van der Waals surface area contributed by atoms with E-state index in [1.165, 1.54) is 10.4 Å². The third kappa shape index (κ3) is 2.63. The fourth-order valence-electron chi connectivity index (χ4n) is 3.60. The highest BCUT2D eigenvalue weighted by atomic mass is 35.5. The minimum absolute atomic E-state index is 0. The standard InChI is InChI=1S/C15H19N3O2S.ClH/c1-10-3-2-4-15(12(10)7-16)21(19,20)18-8-11-5-6-14(17)13(11)9-18;/h2-4,11,13-14H,5-6,8-9,17H2,1H3;1H. The molecular formula is C15H20ClN3O2S. The minimum Gasteiger partial charge on any atom is -0.327 e. The maximum atomic E-state index is 12.8. The van der Waals surface area contributed by atoms with Gasteiger partial charge in [0.15, 0.2) is 0 Å². The summed E-state index contributed by atoms with van der Waals surface area (Å²) in [6.07, 6.45) is 1.98. The van der Waals surface area contributed by atoms with Gasteiger partial charge >= 0.3 is 0 Å². The van der Waals surface area contributed by atoms with Crippen molar-refractivity contribution in [2.24, 2.45) is 17.6 Å². The van der Waals surface area contributed by atoms with Crippen LogP contribution < -0.4 is 5.73 Å². The molecule has 3 rings (SSSR count). The molecule has 0 spiro atoms. The molecule has 1 saturated heterocycles. The van der Waals surface area contributed by atoms with E-state index in [0.29, 0.717) is 24.6 Å². The highest BCUT2D eigenvalue weighted by Gasteiger charge is 2.45. The Balaban J connectivity index is 0.00000176. The summed E-state index contributed by atoms with van der Waals surface area (Å²) in [4.78, 5) is 0.124. The highest BCUT2D eigenvalue weighted by molar-refractivity contribution is 7.89. The first-order valence-electron chi connectivity index (χ1n) is 7.20. The first kappa shape index (κ1) is 17.2. The number of aryl methyl sites for hydroxylation is 1. The second-order valence-electron chi connectivity index (χ2n) is 6.05. The second kappa shape index (κ2) is 6.17. The van der Waals surface area contributed by atoms with Crippen molar-refractivity contribution in [3.63, 3.8) is 0 Å². The van der Waals surface area contributed by atoms with E-state index in [9.17, 15) is 13.7 Å². The van der Waals surface area contributed by atoms with E-state index in [0.717, 1.165) is 12.8 Å². The molecule has 2 aliphatic rings. The number of nitrogens with two attached hydrogens (primary N) is 1. The van der Waals surface area contributed by atoms with Crippen LogP contribution in [0.2, 0.25) is 0 Å². The number of nitrogens with zero attached hydrogens (tertiary/aromatic N) is 2. The summed E-state index contributed by atoms with van der Waals surface area (Å²) >= 11 is 0. The van der Waals surface area contributed by atoms with E-state index in [1.54, 1.807) is 19.1 Å². The third-order valence-corrected chi connectivity index (χ3v) is 6.72. The van der Waals surface area contributed by atoms with Crippen molar-refractivity contribution < 1.29 is 8.42 Å². The SMILES string of the molecule is Cc1cccc(S(=O)(=O)N2CC3CCC(N)C3C2)c1C#N.Cl. The topological polar surface area (TPSA) is 87.2 Å². The first-order valence-corrected chi connectivity index (χ1v) is 8.64. The van der Waals surface area contributed by atoms with Crippen LogP contribution >= 0.6 is 12.4 Å². The molecule has 2 fully saturated rings. The number of nitriles is 1. The summed E-state index contributed by atoms with van der Waals surface area (Å²) in [6, 6.07) is 7.09. The van der Waals surface area contributed by atoms with Crippen LogP contribution in [-0.2, 0) is 10.0 Å². The van der Waals surface area contributed by atoms with Crippen LogP contribution in [0.3, 0.4) is 0 Å². The van der Waals surface area contributed by atoms with Gasteiger partial charge < -0.3 is 5.73 Å². The lowest BCUT2D eigenvalue weighted by Gasteiger charge is -2.19. The zero-order valence-electron chi connectivity index (χ0n) is 12.4. The van der Waals surface area contributed by atoms with E-state index >= 15 is 0 Å². The van der Waals surface area contributed by atoms with Crippen LogP contribution in [0.4, 0.5) is 0 Å². The Morgan fingerprint density at radius 2 is 2.05 bits per heavy atom. The summed E-state index contributed by atoms with van der Waals surface area (Å²) in [6.45, 7) is 2.76. The molecule has 0 aromatic heterocycles. The van der Waals surface area contributed by atoms with Crippen LogP contribution in [-0.4, -0.2) is 31.9 Å². The lowest BCUT2D eigenvalue weighted by molar-refractivity contribution is 0.427. The van der Waals surface area contributed by atoms with E-state index < -0.39 is 10.0 Å². The lowest BCUT2D eigenvalue weighted by Crippen LogP contribution is -2.33. The normalized spacial score (nSPS) is 28.0. The van der Waals surface area contributed by atoms with Gasteiger partial charge in [0.1, 0.15) is 11.0 Å². The largest absolute Gasteiger partial charge is 0.327 e. The number of rotatable bonds is 2. The van der Waals surface area contributed by atoms with Crippen molar-refractivity contribution in [1.82, 2.24) is 4.31 Å². The second-order valence-corrected chi connectivity index (χ2v) is 7.95. The lowest BCUT2D eigenvalue weighted by atomic mass is 9.98. The predicted molar refractivity (Wildman–Crippen MR) is 86.1 cm³/mol. The molecule has 2 N–H and O–H groups in total. The molecule has 0 amide bonds. The number of fused-ring (bicyclic) bond motifs is 1. The number of hydrogen-bond donors (Lipinski definition) is 1. The molecule has 3 atom stereocenters.